The monoisotopic (exact) mass is 444 g/mol. The van der Waals surface area contributed by atoms with Crippen molar-refractivity contribution in [2.45, 2.75) is 44.4 Å². The van der Waals surface area contributed by atoms with E-state index in [1.165, 1.54) is 11.1 Å². The predicted octanol–water partition coefficient (Wildman–Crippen LogP) is 1.91. The Morgan fingerprint density at radius 2 is 1.09 bits per heavy atom. The number of aryl methyl sites for hydroxylation is 2. The van der Waals surface area contributed by atoms with E-state index in [1.807, 2.05) is 46.2 Å². The van der Waals surface area contributed by atoms with Gasteiger partial charge in [0.1, 0.15) is 5.66 Å². The Labute approximate surface area is 192 Å². The van der Waals surface area contributed by atoms with Crippen LogP contribution in [0.3, 0.4) is 0 Å². The molecule has 0 amide bonds. The number of nitrogens with zero attached hydrogens (tertiary/aromatic N) is 2. The number of aliphatic hydroxyl groups excluding tert-OH is 4. The molecule has 178 valence electrons. The van der Waals surface area contributed by atoms with E-state index in [2.05, 4.69) is 24.3 Å². The maximum absolute atomic E-state index is 10.9. The fourth-order valence-electron chi connectivity index (χ4n) is 4.54. The molecule has 1 unspecified atom stereocenters. The first-order valence-corrected chi connectivity index (χ1v) is 11.7. The summed E-state index contributed by atoms with van der Waals surface area (Å²) in [6.45, 7) is 3.14. The first-order chi connectivity index (χ1) is 15.6. The lowest BCUT2D eigenvalue weighted by Gasteiger charge is -2.52. The second kappa shape index (κ2) is 14.4. The van der Waals surface area contributed by atoms with E-state index in [4.69, 9.17) is 0 Å². The van der Waals surface area contributed by atoms with Crippen LogP contribution in [0, 0.1) is 0 Å². The molecule has 1 atom stereocenters. The minimum atomic E-state index is -1.07. The molecule has 0 spiro atoms. The molecule has 0 aliphatic carbocycles. The summed E-state index contributed by atoms with van der Waals surface area (Å²) < 4.78 is 0. The molecule has 2 aromatic carbocycles. The van der Waals surface area contributed by atoms with Crippen molar-refractivity contribution in [3.63, 3.8) is 0 Å². The Morgan fingerprint density at radius 1 is 0.688 bits per heavy atom. The molecule has 0 aliphatic rings. The first-order valence-electron chi connectivity index (χ1n) is 11.7. The van der Waals surface area contributed by atoms with Gasteiger partial charge in [0.2, 0.25) is 0 Å². The molecule has 0 radical (unpaired) electrons. The van der Waals surface area contributed by atoms with Gasteiger partial charge < -0.3 is 20.4 Å². The molecule has 0 aliphatic heterocycles. The third kappa shape index (κ3) is 7.37. The topological polar surface area (TPSA) is 87.4 Å². The van der Waals surface area contributed by atoms with Gasteiger partial charge in [0, 0.05) is 26.2 Å². The summed E-state index contributed by atoms with van der Waals surface area (Å²) in [7, 11) is 0. The third-order valence-corrected chi connectivity index (χ3v) is 6.21. The molecule has 0 heterocycles. The van der Waals surface area contributed by atoms with E-state index >= 15 is 0 Å². The fraction of sp³-hybridized carbons (Fsp3) is 0.538. The molecule has 0 fully saturated rings. The zero-order chi connectivity index (χ0) is 23.2. The minimum Gasteiger partial charge on any atom is -0.395 e. The van der Waals surface area contributed by atoms with Gasteiger partial charge >= 0.3 is 0 Å². The second-order valence-electron chi connectivity index (χ2n) is 8.31. The molecule has 0 saturated heterocycles. The van der Waals surface area contributed by atoms with Crippen LogP contribution in [0.2, 0.25) is 0 Å². The van der Waals surface area contributed by atoms with E-state index in [0.29, 0.717) is 26.2 Å². The Bertz CT molecular complexity index is 672. The van der Waals surface area contributed by atoms with Gasteiger partial charge in [-0.05, 0) is 43.7 Å². The van der Waals surface area contributed by atoms with Crippen molar-refractivity contribution in [2.75, 3.05) is 46.0 Å². The zero-order valence-electron chi connectivity index (χ0n) is 19.3. The smallest absolute Gasteiger partial charge is 0.124 e. The van der Waals surface area contributed by atoms with Crippen LogP contribution in [0.4, 0.5) is 0 Å². The van der Waals surface area contributed by atoms with Gasteiger partial charge in [-0.25, -0.2) is 0 Å². The molecule has 4 N–H and O–H groups in total. The van der Waals surface area contributed by atoms with Gasteiger partial charge in [-0.2, -0.15) is 0 Å². The van der Waals surface area contributed by atoms with Crippen molar-refractivity contribution < 1.29 is 20.4 Å². The van der Waals surface area contributed by atoms with E-state index in [-0.39, 0.29) is 19.8 Å². The number of rotatable bonds is 16. The quantitative estimate of drug-likeness (QED) is 0.296. The molecular weight excluding hydrogens is 404 g/mol. The van der Waals surface area contributed by atoms with E-state index in [1.54, 1.807) is 6.92 Å². The van der Waals surface area contributed by atoms with E-state index < -0.39 is 11.8 Å². The van der Waals surface area contributed by atoms with Gasteiger partial charge in [0.25, 0.3) is 0 Å². The van der Waals surface area contributed by atoms with Crippen LogP contribution >= 0.6 is 0 Å². The Balaban J connectivity index is 2.15. The normalized spacial score (nSPS) is 13.1. The maximum Gasteiger partial charge on any atom is 0.124 e. The largest absolute Gasteiger partial charge is 0.395 e. The van der Waals surface area contributed by atoms with Crippen LogP contribution < -0.4 is 0 Å². The Morgan fingerprint density at radius 3 is 1.41 bits per heavy atom. The summed E-state index contributed by atoms with van der Waals surface area (Å²) >= 11 is 0. The number of benzene rings is 2. The van der Waals surface area contributed by atoms with E-state index in [9.17, 15) is 20.4 Å². The van der Waals surface area contributed by atoms with Crippen molar-refractivity contribution >= 4 is 0 Å². The van der Waals surface area contributed by atoms with Crippen molar-refractivity contribution in [2.24, 2.45) is 0 Å². The van der Waals surface area contributed by atoms with Gasteiger partial charge in [-0.3, -0.25) is 9.80 Å². The van der Waals surface area contributed by atoms with Crippen LogP contribution in [-0.2, 0) is 12.8 Å². The summed E-state index contributed by atoms with van der Waals surface area (Å²) in [6, 6.07) is 20.4. The summed E-state index contributed by atoms with van der Waals surface area (Å²) in [5.74, 6) is 0. The summed E-state index contributed by atoms with van der Waals surface area (Å²) in [5.41, 5.74) is 1.40. The molecule has 0 aromatic heterocycles. The van der Waals surface area contributed by atoms with Crippen LogP contribution in [0.1, 0.15) is 30.9 Å². The average Bonchev–Trinajstić information content (AvgIpc) is 2.81. The minimum absolute atomic E-state index is 0.0726. The molecule has 2 rings (SSSR count). The number of aliphatic hydroxyl groups is 4. The lowest BCUT2D eigenvalue weighted by Crippen LogP contribution is -2.70. The molecule has 0 saturated carbocycles. The Kier molecular flexibility index (Phi) is 11.9. The molecular formula is C26H40N2O4. The van der Waals surface area contributed by atoms with Crippen LogP contribution in [0.15, 0.2) is 60.7 Å². The van der Waals surface area contributed by atoms with Gasteiger partial charge in [0.05, 0.1) is 25.9 Å². The lowest BCUT2D eigenvalue weighted by atomic mass is 9.97. The highest BCUT2D eigenvalue weighted by Gasteiger charge is 2.45. The summed E-state index contributed by atoms with van der Waals surface area (Å²) in [6.07, 6.45) is 2.53. The molecule has 6 nitrogen and oxygen atoms in total. The molecule has 6 heteroatoms. The van der Waals surface area contributed by atoms with Crippen LogP contribution in [-0.4, -0.2) is 88.0 Å². The highest BCUT2D eigenvalue weighted by Crippen LogP contribution is 2.26. The van der Waals surface area contributed by atoms with Crippen molar-refractivity contribution in [3.8, 4) is 0 Å². The van der Waals surface area contributed by atoms with Crippen molar-refractivity contribution in [3.05, 3.63) is 71.8 Å². The van der Waals surface area contributed by atoms with E-state index in [0.717, 1.165) is 25.7 Å². The molecule has 2 aromatic rings. The maximum atomic E-state index is 10.9. The van der Waals surface area contributed by atoms with Gasteiger partial charge in [0.15, 0.2) is 0 Å². The molecule has 0 bridgehead atoms. The van der Waals surface area contributed by atoms with Crippen molar-refractivity contribution in [1.29, 1.82) is 0 Å². The van der Waals surface area contributed by atoms with Crippen LogP contribution in [0.5, 0.6) is 0 Å². The fourth-order valence-corrected chi connectivity index (χ4v) is 4.54. The average molecular weight is 445 g/mol. The number of hydrogen-bond donors (Lipinski definition) is 4. The summed E-state index contributed by atoms with van der Waals surface area (Å²) in [5, 5.41) is 41.0. The van der Waals surface area contributed by atoms with Gasteiger partial charge in [-0.1, -0.05) is 60.7 Å². The third-order valence-electron chi connectivity index (χ3n) is 6.21. The van der Waals surface area contributed by atoms with Crippen molar-refractivity contribution in [1.82, 2.24) is 9.80 Å². The van der Waals surface area contributed by atoms with Gasteiger partial charge in [-0.15, -0.1) is 0 Å². The SMILES string of the molecule is CC(O)C(CO)(N(CCO)CCCc1ccccc1)N(CCO)CCCc1ccccc1. The lowest BCUT2D eigenvalue weighted by molar-refractivity contribution is -0.160. The number of hydrogen-bond acceptors (Lipinski definition) is 6. The highest BCUT2D eigenvalue weighted by molar-refractivity contribution is 5.15. The standard InChI is InChI=1S/C26H40N2O4/c1-23(32)26(22-31,27(18-20-29)16-8-14-24-10-4-2-5-11-24)28(19-21-30)17-9-15-25-12-6-3-7-13-25/h2-7,10-13,23,29-32H,8-9,14-22H2,1H3. The zero-order valence-corrected chi connectivity index (χ0v) is 19.3. The summed E-state index contributed by atoms with van der Waals surface area (Å²) in [4.78, 5) is 3.97. The second-order valence-corrected chi connectivity index (χ2v) is 8.31. The van der Waals surface area contributed by atoms with Crippen LogP contribution in [0.25, 0.3) is 0 Å². The Hall–Kier alpha value is -1.80. The highest BCUT2D eigenvalue weighted by atomic mass is 16.3. The molecule has 32 heavy (non-hydrogen) atoms. The predicted molar refractivity (Wildman–Crippen MR) is 128 cm³/mol. The first kappa shape index (κ1) is 26.5.